The molecule has 5 heteroatoms. The summed E-state index contributed by atoms with van der Waals surface area (Å²) in [5, 5.41) is 7.05. The van der Waals surface area contributed by atoms with Crippen LogP contribution in [0, 0.1) is 5.92 Å². The molecule has 2 heterocycles. The van der Waals surface area contributed by atoms with Gasteiger partial charge in [0.15, 0.2) is 0 Å². The molecule has 0 bridgehead atoms. The Kier molecular flexibility index (Phi) is 2.80. The van der Waals surface area contributed by atoms with E-state index in [0.717, 1.165) is 18.2 Å². The molecule has 2 aromatic rings. The fourth-order valence-electron chi connectivity index (χ4n) is 1.80. The molecule has 1 aliphatic rings. The second kappa shape index (κ2) is 4.60. The minimum atomic E-state index is -0.136. The van der Waals surface area contributed by atoms with E-state index in [1.54, 1.807) is 30.7 Å². The van der Waals surface area contributed by atoms with Crippen molar-refractivity contribution >= 4 is 11.6 Å². The number of hydrogen-bond donors (Lipinski definition) is 1. The molecule has 1 N–H and O–H groups in total. The molecule has 18 heavy (non-hydrogen) atoms. The molecule has 0 aliphatic heterocycles. The molecule has 1 aliphatic carbocycles. The highest BCUT2D eigenvalue weighted by Gasteiger charge is 2.22. The zero-order valence-electron chi connectivity index (χ0n) is 9.91. The number of carbonyl (C=O) groups excluding carboxylic acids is 1. The SMILES string of the molecule is O=C(Nc1cnn(CC2CC2)c1)c1ccncc1. The van der Waals surface area contributed by atoms with Crippen molar-refractivity contribution in [1.29, 1.82) is 0 Å². The molecular formula is C13H14N4O. The monoisotopic (exact) mass is 242 g/mol. The van der Waals surface area contributed by atoms with Crippen LogP contribution in [0.1, 0.15) is 23.2 Å². The van der Waals surface area contributed by atoms with E-state index in [9.17, 15) is 4.79 Å². The quantitative estimate of drug-likeness (QED) is 0.891. The topological polar surface area (TPSA) is 59.8 Å². The van der Waals surface area contributed by atoms with Crippen LogP contribution >= 0.6 is 0 Å². The summed E-state index contributed by atoms with van der Waals surface area (Å²) in [6, 6.07) is 3.37. The van der Waals surface area contributed by atoms with Crippen LogP contribution in [0.2, 0.25) is 0 Å². The van der Waals surface area contributed by atoms with E-state index >= 15 is 0 Å². The third-order valence-electron chi connectivity index (χ3n) is 2.98. The number of aromatic nitrogens is 3. The summed E-state index contributed by atoms with van der Waals surface area (Å²) >= 11 is 0. The molecule has 0 spiro atoms. The predicted molar refractivity (Wildman–Crippen MR) is 67.1 cm³/mol. The zero-order valence-corrected chi connectivity index (χ0v) is 9.91. The average Bonchev–Trinajstić information content (AvgIpc) is 3.10. The van der Waals surface area contributed by atoms with Crippen LogP contribution in [0.4, 0.5) is 5.69 Å². The Morgan fingerprint density at radius 2 is 2.17 bits per heavy atom. The zero-order chi connectivity index (χ0) is 12.4. The van der Waals surface area contributed by atoms with Gasteiger partial charge < -0.3 is 5.32 Å². The Hall–Kier alpha value is -2.17. The lowest BCUT2D eigenvalue weighted by Gasteiger charge is -2.01. The molecule has 92 valence electrons. The van der Waals surface area contributed by atoms with Gasteiger partial charge in [-0.25, -0.2) is 0 Å². The normalized spacial score (nSPS) is 14.4. The van der Waals surface area contributed by atoms with Crippen LogP contribution in [0.5, 0.6) is 0 Å². The summed E-state index contributed by atoms with van der Waals surface area (Å²) in [6.45, 7) is 0.950. The molecule has 2 aromatic heterocycles. The van der Waals surface area contributed by atoms with Crippen molar-refractivity contribution < 1.29 is 4.79 Å². The largest absolute Gasteiger partial charge is 0.319 e. The Balaban J connectivity index is 1.65. The van der Waals surface area contributed by atoms with Gasteiger partial charge in [-0.2, -0.15) is 5.10 Å². The number of anilines is 1. The molecule has 3 rings (SSSR count). The van der Waals surface area contributed by atoms with Gasteiger partial charge in [-0.15, -0.1) is 0 Å². The maximum absolute atomic E-state index is 11.9. The maximum atomic E-state index is 11.9. The summed E-state index contributed by atoms with van der Waals surface area (Å²) in [4.78, 5) is 15.8. The fourth-order valence-corrected chi connectivity index (χ4v) is 1.80. The summed E-state index contributed by atoms with van der Waals surface area (Å²) in [7, 11) is 0. The van der Waals surface area contributed by atoms with Crippen molar-refractivity contribution in [3.63, 3.8) is 0 Å². The first kappa shape index (κ1) is 11.0. The summed E-state index contributed by atoms with van der Waals surface area (Å²) in [5.41, 5.74) is 1.33. The molecule has 0 atom stereocenters. The Labute approximate surface area is 105 Å². The number of amides is 1. The van der Waals surface area contributed by atoms with E-state index in [1.807, 2.05) is 10.9 Å². The standard InChI is InChI=1S/C13H14N4O/c18-13(11-3-5-14-6-4-11)16-12-7-15-17(9-12)8-10-1-2-10/h3-7,9-10H,1-2,8H2,(H,16,18). The Morgan fingerprint density at radius 1 is 1.39 bits per heavy atom. The van der Waals surface area contributed by atoms with Crippen LogP contribution in [0.3, 0.4) is 0 Å². The fraction of sp³-hybridized carbons (Fsp3) is 0.308. The molecular weight excluding hydrogens is 228 g/mol. The molecule has 1 fully saturated rings. The van der Waals surface area contributed by atoms with Gasteiger partial charge in [0.05, 0.1) is 11.9 Å². The number of pyridine rings is 1. The Morgan fingerprint density at radius 3 is 2.89 bits per heavy atom. The van der Waals surface area contributed by atoms with E-state index in [0.29, 0.717) is 5.56 Å². The van der Waals surface area contributed by atoms with E-state index in [1.165, 1.54) is 12.8 Å². The van der Waals surface area contributed by atoms with Crippen LogP contribution in [0.15, 0.2) is 36.9 Å². The first-order valence-corrected chi connectivity index (χ1v) is 6.05. The minimum absolute atomic E-state index is 0.136. The molecule has 1 saturated carbocycles. The van der Waals surface area contributed by atoms with Gasteiger partial charge in [0, 0.05) is 30.7 Å². The average molecular weight is 242 g/mol. The van der Waals surface area contributed by atoms with Crippen LogP contribution in [0.25, 0.3) is 0 Å². The first-order valence-electron chi connectivity index (χ1n) is 6.05. The number of rotatable bonds is 4. The van der Waals surface area contributed by atoms with Crippen LogP contribution in [-0.4, -0.2) is 20.7 Å². The smallest absolute Gasteiger partial charge is 0.255 e. The molecule has 1 amide bonds. The first-order chi connectivity index (χ1) is 8.81. The van der Waals surface area contributed by atoms with Gasteiger partial charge in [0.25, 0.3) is 5.91 Å². The predicted octanol–water partition coefficient (Wildman–Crippen LogP) is 1.94. The highest BCUT2D eigenvalue weighted by molar-refractivity contribution is 6.03. The van der Waals surface area contributed by atoms with Crippen LogP contribution < -0.4 is 5.32 Å². The minimum Gasteiger partial charge on any atom is -0.319 e. The number of hydrogen-bond acceptors (Lipinski definition) is 3. The van der Waals surface area contributed by atoms with Crippen molar-refractivity contribution in [2.24, 2.45) is 5.92 Å². The number of carbonyl (C=O) groups is 1. The van der Waals surface area contributed by atoms with E-state index in [2.05, 4.69) is 15.4 Å². The highest BCUT2D eigenvalue weighted by Crippen LogP contribution is 2.30. The molecule has 0 saturated heterocycles. The molecule has 0 unspecified atom stereocenters. The lowest BCUT2D eigenvalue weighted by Crippen LogP contribution is -2.11. The molecule has 5 nitrogen and oxygen atoms in total. The van der Waals surface area contributed by atoms with Gasteiger partial charge >= 0.3 is 0 Å². The van der Waals surface area contributed by atoms with Gasteiger partial charge in [-0.3, -0.25) is 14.5 Å². The third-order valence-corrected chi connectivity index (χ3v) is 2.98. The van der Waals surface area contributed by atoms with Gasteiger partial charge in [-0.05, 0) is 30.9 Å². The van der Waals surface area contributed by atoms with Crippen molar-refractivity contribution in [3.05, 3.63) is 42.5 Å². The van der Waals surface area contributed by atoms with Crippen molar-refractivity contribution in [3.8, 4) is 0 Å². The van der Waals surface area contributed by atoms with Gasteiger partial charge in [0.1, 0.15) is 0 Å². The third kappa shape index (κ3) is 2.56. The molecule has 0 radical (unpaired) electrons. The lowest BCUT2D eigenvalue weighted by atomic mass is 10.2. The second-order valence-electron chi connectivity index (χ2n) is 4.58. The Bertz CT molecular complexity index is 545. The van der Waals surface area contributed by atoms with E-state index in [4.69, 9.17) is 0 Å². The van der Waals surface area contributed by atoms with E-state index < -0.39 is 0 Å². The summed E-state index contributed by atoms with van der Waals surface area (Å²) in [5.74, 6) is 0.636. The maximum Gasteiger partial charge on any atom is 0.255 e. The highest BCUT2D eigenvalue weighted by atomic mass is 16.1. The van der Waals surface area contributed by atoms with Crippen LogP contribution in [-0.2, 0) is 6.54 Å². The number of nitrogens with zero attached hydrogens (tertiary/aromatic N) is 3. The van der Waals surface area contributed by atoms with E-state index in [-0.39, 0.29) is 5.91 Å². The van der Waals surface area contributed by atoms with Crippen molar-refractivity contribution in [2.45, 2.75) is 19.4 Å². The number of nitrogens with one attached hydrogen (secondary N) is 1. The molecule has 0 aromatic carbocycles. The second-order valence-corrected chi connectivity index (χ2v) is 4.58. The van der Waals surface area contributed by atoms with Gasteiger partial charge in [0.2, 0.25) is 0 Å². The summed E-state index contributed by atoms with van der Waals surface area (Å²) < 4.78 is 1.89. The van der Waals surface area contributed by atoms with Crippen molar-refractivity contribution in [1.82, 2.24) is 14.8 Å². The summed E-state index contributed by atoms with van der Waals surface area (Å²) in [6.07, 6.45) is 9.34. The van der Waals surface area contributed by atoms with Gasteiger partial charge in [-0.1, -0.05) is 0 Å². The van der Waals surface area contributed by atoms with Crippen molar-refractivity contribution in [2.75, 3.05) is 5.32 Å². The lowest BCUT2D eigenvalue weighted by molar-refractivity contribution is 0.102.